The lowest BCUT2D eigenvalue weighted by Crippen LogP contribution is -2.56. The molecule has 1 aromatic rings. The summed E-state index contributed by atoms with van der Waals surface area (Å²) >= 11 is 0. The molecule has 1 aromatic carbocycles. The Morgan fingerprint density at radius 3 is 2.05 bits per heavy atom. The van der Waals surface area contributed by atoms with E-state index in [0.29, 0.717) is 23.4 Å². The summed E-state index contributed by atoms with van der Waals surface area (Å²) in [6.07, 6.45) is 6.64. The molecule has 0 aromatic heterocycles. The summed E-state index contributed by atoms with van der Waals surface area (Å²) in [5.74, 6) is 2.97. The van der Waals surface area contributed by atoms with Crippen molar-refractivity contribution in [1.29, 1.82) is 0 Å². The van der Waals surface area contributed by atoms with E-state index < -0.39 is 0 Å². The molecule has 0 N–H and O–H groups in total. The van der Waals surface area contributed by atoms with Crippen LogP contribution in [0, 0.1) is 29.5 Å². The summed E-state index contributed by atoms with van der Waals surface area (Å²) in [5.41, 5.74) is 0.604. The maximum Gasteiger partial charge on any atom is 0.253 e. The Balaban J connectivity index is 1.55. The topological polar surface area (TPSA) is 20.3 Å². The third kappa shape index (κ3) is 2.18. The second-order valence-corrected chi connectivity index (χ2v) is 7.34. The Morgan fingerprint density at radius 2 is 1.52 bits per heavy atom. The molecule has 0 heterocycles. The van der Waals surface area contributed by atoms with Crippen LogP contribution in [0.3, 0.4) is 0 Å². The average molecular weight is 287 g/mol. The number of carbonyl (C=O) groups excluding carboxylic acids is 1. The normalized spacial score (nSPS) is 36.8. The van der Waals surface area contributed by atoms with Crippen LogP contribution < -0.4 is 0 Å². The molecular formula is C18H22FNO. The molecule has 4 bridgehead atoms. The lowest BCUT2D eigenvalue weighted by Gasteiger charge is -2.56. The van der Waals surface area contributed by atoms with Crippen LogP contribution in [-0.4, -0.2) is 23.9 Å². The van der Waals surface area contributed by atoms with Gasteiger partial charge in [-0.1, -0.05) is 0 Å². The minimum Gasteiger partial charge on any atom is -0.338 e. The lowest BCUT2D eigenvalue weighted by atomic mass is 9.54. The molecule has 0 radical (unpaired) electrons. The molecule has 4 aliphatic carbocycles. The Hall–Kier alpha value is -1.38. The highest BCUT2D eigenvalue weighted by molar-refractivity contribution is 5.94. The van der Waals surface area contributed by atoms with Gasteiger partial charge in [0.05, 0.1) is 0 Å². The molecule has 4 fully saturated rings. The van der Waals surface area contributed by atoms with E-state index in [1.165, 1.54) is 44.2 Å². The molecule has 0 atom stereocenters. The number of hydrogen-bond acceptors (Lipinski definition) is 1. The van der Waals surface area contributed by atoms with E-state index in [-0.39, 0.29) is 11.7 Å². The predicted molar refractivity (Wildman–Crippen MR) is 79.3 cm³/mol. The van der Waals surface area contributed by atoms with Gasteiger partial charge >= 0.3 is 0 Å². The minimum absolute atomic E-state index is 0.0486. The fourth-order valence-electron chi connectivity index (χ4n) is 5.46. The number of nitrogens with zero attached hydrogens (tertiary/aromatic N) is 1. The number of rotatable bonds is 2. The molecule has 21 heavy (non-hydrogen) atoms. The first-order valence-corrected chi connectivity index (χ1v) is 8.14. The third-order valence-electron chi connectivity index (χ3n) is 6.04. The van der Waals surface area contributed by atoms with E-state index in [1.54, 1.807) is 12.1 Å². The first-order valence-electron chi connectivity index (χ1n) is 8.14. The number of benzene rings is 1. The van der Waals surface area contributed by atoms with Gasteiger partial charge in [0.25, 0.3) is 5.91 Å². The summed E-state index contributed by atoms with van der Waals surface area (Å²) in [4.78, 5) is 14.6. The van der Waals surface area contributed by atoms with E-state index in [1.807, 2.05) is 11.9 Å². The average Bonchev–Trinajstić information content (AvgIpc) is 2.46. The molecule has 0 spiro atoms. The van der Waals surface area contributed by atoms with Crippen molar-refractivity contribution in [1.82, 2.24) is 4.90 Å². The Kier molecular flexibility index (Phi) is 3.05. The maximum atomic E-state index is 13.0. The molecular weight excluding hydrogens is 265 g/mol. The van der Waals surface area contributed by atoms with Crippen LogP contribution in [0.1, 0.15) is 42.5 Å². The van der Waals surface area contributed by atoms with Crippen molar-refractivity contribution < 1.29 is 9.18 Å². The van der Waals surface area contributed by atoms with Gasteiger partial charge in [-0.15, -0.1) is 0 Å². The lowest BCUT2D eigenvalue weighted by molar-refractivity contribution is -0.0491. The number of hydrogen-bond donors (Lipinski definition) is 0. The maximum absolute atomic E-state index is 13.0. The second-order valence-electron chi connectivity index (χ2n) is 7.34. The molecule has 4 saturated carbocycles. The van der Waals surface area contributed by atoms with E-state index in [2.05, 4.69) is 0 Å². The molecule has 112 valence electrons. The minimum atomic E-state index is -0.288. The van der Waals surface area contributed by atoms with Gasteiger partial charge in [-0.25, -0.2) is 4.39 Å². The summed E-state index contributed by atoms with van der Waals surface area (Å²) in [5, 5.41) is 0. The van der Waals surface area contributed by atoms with Gasteiger partial charge < -0.3 is 4.90 Å². The fourth-order valence-corrected chi connectivity index (χ4v) is 5.46. The SMILES string of the molecule is CN(C(=O)c1ccc(F)cc1)C1C2CC3CC(C2)CC1C3. The van der Waals surface area contributed by atoms with E-state index in [4.69, 9.17) is 0 Å². The van der Waals surface area contributed by atoms with Crippen LogP contribution in [0.4, 0.5) is 4.39 Å². The third-order valence-corrected chi connectivity index (χ3v) is 6.04. The number of carbonyl (C=O) groups is 1. The first-order chi connectivity index (χ1) is 10.1. The van der Waals surface area contributed by atoms with Crippen LogP contribution in [-0.2, 0) is 0 Å². The van der Waals surface area contributed by atoms with Gasteiger partial charge in [0.15, 0.2) is 0 Å². The Labute approximate surface area is 125 Å². The van der Waals surface area contributed by atoms with Crippen molar-refractivity contribution in [2.45, 2.75) is 38.1 Å². The van der Waals surface area contributed by atoms with Crippen LogP contribution in [0.15, 0.2) is 24.3 Å². The van der Waals surface area contributed by atoms with Crippen molar-refractivity contribution in [2.75, 3.05) is 7.05 Å². The summed E-state index contributed by atoms with van der Waals surface area (Å²) in [6, 6.07) is 6.35. The van der Waals surface area contributed by atoms with Gasteiger partial charge in [0, 0.05) is 18.7 Å². The standard InChI is InChI=1S/C18H22FNO/c1-20(18(21)13-2-4-16(19)5-3-13)17-14-7-11-6-12(9-14)10-15(17)8-11/h2-5,11-12,14-15,17H,6-10H2,1H3. The monoisotopic (exact) mass is 287 g/mol. The van der Waals surface area contributed by atoms with Crippen molar-refractivity contribution >= 4 is 5.91 Å². The van der Waals surface area contributed by atoms with Gasteiger partial charge in [0.2, 0.25) is 0 Å². The van der Waals surface area contributed by atoms with Crippen molar-refractivity contribution in [3.63, 3.8) is 0 Å². The van der Waals surface area contributed by atoms with E-state index >= 15 is 0 Å². The molecule has 2 nitrogen and oxygen atoms in total. The molecule has 0 aliphatic heterocycles. The van der Waals surface area contributed by atoms with Gasteiger partial charge in [-0.05, 0) is 80.0 Å². The molecule has 0 saturated heterocycles. The summed E-state index contributed by atoms with van der Waals surface area (Å²) < 4.78 is 13.0. The van der Waals surface area contributed by atoms with Crippen molar-refractivity contribution in [3.8, 4) is 0 Å². The fraction of sp³-hybridized carbons (Fsp3) is 0.611. The zero-order chi connectivity index (χ0) is 14.6. The van der Waals surface area contributed by atoms with Crippen LogP contribution in [0.2, 0.25) is 0 Å². The quantitative estimate of drug-likeness (QED) is 0.811. The smallest absolute Gasteiger partial charge is 0.253 e. The highest BCUT2D eigenvalue weighted by Crippen LogP contribution is 2.55. The van der Waals surface area contributed by atoms with Crippen LogP contribution >= 0.6 is 0 Å². The predicted octanol–water partition coefficient (Wildman–Crippen LogP) is 3.72. The van der Waals surface area contributed by atoms with Crippen molar-refractivity contribution in [3.05, 3.63) is 35.6 Å². The molecule has 4 aliphatic rings. The van der Waals surface area contributed by atoms with E-state index in [9.17, 15) is 9.18 Å². The molecule has 1 amide bonds. The second kappa shape index (κ2) is 4.82. The first kappa shape index (κ1) is 13.3. The number of amides is 1. The van der Waals surface area contributed by atoms with Gasteiger partial charge in [-0.3, -0.25) is 4.79 Å². The largest absolute Gasteiger partial charge is 0.338 e. The highest BCUT2D eigenvalue weighted by atomic mass is 19.1. The van der Waals surface area contributed by atoms with Gasteiger partial charge in [0.1, 0.15) is 5.82 Å². The molecule has 3 heteroatoms. The highest BCUT2D eigenvalue weighted by Gasteiger charge is 2.50. The summed E-state index contributed by atoms with van der Waals surface area (Å²) in [6.45, 7) is 0. The number of halogens is 1. The zero-order valence-electron chi connectivity index (χ0n) is 12.5. The van der Waals surface area contributed by atoms with Crippen LogP contribution in [0.25, 0.3) is 0 Å². The van der Waals surface area contributed by atoms with Crippen molar-refractivity contribution in [2.24, 2.45) is 23.7 Å². The zero-order valence-corrected chi connectivity index (χ0v) is 12.5. The Bertz CT molecular complexity index is 525. The Morgan fingerprint density at radius 1 is 1.00 bits per heavy atom. The van der Waals surface area contributed by atoms with E-state index in [0.717, 1.165) is 11.8 Å². The van der Waals surface area contributed by atoms with Crippen LogP contribution in [0.5, 0.6) is 0 Å². The molecule has 0 unspecified atom stereocenters. The molecule has 5 rings (SSSR count). The van der Waals surface area contributed by atoms with Gasteiger partial charge in [-0.2, -0.15) is 0 Å². The summed E-state index contributed by atoms with van der Waals surface area (Å²) in [7, 11) is 1.94.